The molecule has 0 aliphatic carbocycles. The number of carbonyl (C=O) groups is 1. The molecule has 0 atom stereocenters. The summed E-state index contributed by atoms with van der Waals surface area (Å²) in [5.74, 6) is 1.19. The number of carbonyl (C=O) groups excluding carboxylic acids is 1. The summed E-state index contributed by atoms with van der Waals surface area (Å²) in [4.78, 5) is 15.7. The Kier molecular flexibility index (Phi) is 4.56. The zero-order chi connectivity index (χ0) is 16.9. The average Bonchev–Trinajstić information content (AvgIpc) is 3.21. The van der Waals surface area contributed by atoms with Crippen molar-refractivity contribution in [1.82, 2.24) is 4.98 Å². The van der Waals surface area contributed by atoms with Crippen molar-refractivity contribution in [1.29, 1.82) is 0 Å². The van der Waals surface area contributed by atoms with Crippen molar-refractivity contribution < 1.29 is 22.8 Å². The van der Waals surface area contributed by atoms with Gasteiger partial charge >= 0.3 is 5.97 Å². The number of esters is 1. The summed E-state index contributed by atoms with van der Waals surface area (Å²) in [7, 11) is 0. The number of hydrogen-bond acceptors (Lipinski definition) is 5. The maximum atomic E-state index is 12.9. The minimum absolute atomic E-state index is 0.0957. The first-order valence-corrected chi connectivity index (χ1v) is 7.22. The van der Waals surface area contributed by atoms with Gasteiger partial charge < -0.3 is 13.6 Å². The standard InChI is InChI=1S/C18H14FNO4/c1-12-2-7-15(23-12)8-9-18(21)22-11-17-20-10-16(24-17)13-3-5-14(19)6-4-13/h2-10H,11H2,1H3/b9-8+. The molecule has 3 aromatic rings. The smallest absolute Gasteiger partial charge is 0.331 e. The first-order valence-electron chi connectivity index (χ1n) is 7.22. The van der Waals surface area contributed by atoms with E-state index in [2.05, 4.69) is 4.98 Å². The lowest BCUT2D eigenvalue weighted by atomic mass is 10.2. The number of halogens is 1. The van der Waals surface area contributed by atoms with Gasteiger partial charge in [0.1, 0.15) is 17.3 Å². The molecule has 0 saturated heterocycles. The Bertz CT molecular complexity index is 861. The minimum atomic E-state index is -0.536. The van der Waals surface area contributed by atoms with E-state index in [1.54, 1.807) is 24.3 Å². The van der Waals surface area contributed by atoms with E-state index in [0.717, 1.165) is 5.76 Å². The van der Waals surface area contributed by atoms with Gasteiger partial charge in [-0.3, -0.25) is 0 Å². The Labute approximate surface area is 137 Å². The van der Waals surface area contributed by atoms with Crippen LogP contribution in [-0.4, -0.2) is 11.0 Å². The van der Waals surface area contributed by atoms with Gasteiger partial charge in [0.25, 0.3) is 0 Å². The van der Waals surface area contributed by atoms with Crippen LogP contribution in [0.15, 0.2) is 57.5 Å². The minimum Gasteiger partial charge on any atom is -0.462 e. The number of rotatable bonds is 5. The van der Waals surface area contributed by atoms with Gasteiger partial charge in [0, 0.05) is 11.6 Å². The van der Waals surface area contributed by atoms with Crippen molar-refractivity contribution in [2.45, 2.75) is 13.5 Å². The number of aromatic nitrogens is 1. The summed E-state index contributed by atoms with van der Waals surface area (Å²) in [6.45, 7) is 1.72. The van der Waals surface area contributed by atoms with E-state index < -0.39 is 5.97 Å². The maximum absolute atomic E-state index is 12.9. The Hall–Kier alpha value is -3.15. The third kappa shape index (κ3) is 3.98. The van der Waals surface area contributed by atoms with Crippen molar-refractivity contribution in [2.75, 3.05) is 0 Å². The van der Waals surface area contributed by atoms with Crippen LogP contribution < -0.4 is 0 Å². The highest BCUT2D eigenvalue weighted by molar-refractivity contribution is 5.86. The average molecular weight is 327 g/mol. The Morgan fingerprint density at radius 2 is 2.00 bits per heavy atom. The highest BCUT2D eigenvalue weighted by Gasteiger charge is 2.08. The predicted molar refractivity (Wildman–Crippen MR) is 84.2 cm³/mol. The first-order chi connectivity index (χ1) is 11.6. The van der Waals surface area contributed by atoms with Gasteiger partial charge in [0.15, 0.2) is 12.4 Å². The SMILES string of the molecule is Cc1ccc(/C=C/C(=O)OCc2ncc(-c3ccc(F)cc3)o2)o1. The number of aryl methyl sites for hydroxylation is 1. The molecule has 0 radical (unpaired) electrons. The third-order valence-corrected chi connectivity index (χ3v) is 3.17. The third-order valence-electron chi connectivity index (χ3n) is 3.17. The summed E-state index contributed by atoms with van der Waals surface area (Å²) < 4.78 is 28.7. The molecular weight excluding hydrogens is 313 g/mol. The van der Waals surface area contributed by atoms with E-state index in [0.29, 0.717) is 17.1 Å². The van der Waals surface area contributed by atoms with Crippen molar-refractivity contribution >= 4 is 12.0 Å². The fraction of sp³-hybridized carbons (Fsp3) is 0.111. The molecule has 2 heterocycles. The van der Waals surface area contributed by atoms with Crippen molar-refractivity contribution in [2.24, 2.45) is 0 Å². The highest BCUT2D eigenvalue weighted by atomic mass is 19.1. The molecule has 2 aromatic heterocycles. The molecule has 0 fully saturated rings. The molecule has 1 aromatic carbocycles. The van der Waals surface area contributed by atoms with E-state index >= 15 is 0 Å². The molecule has 0 spiro atoms. The topological polar surface area (TPSA) is 65.5 Å². The predicted octanol–water partition coefficient (Wildman–Crippen LogP) is 4.14. The van der Waals surface area contributed by atoms with E-state index in [1.165, 1.54) is 30.5 Å². The molecule has 0 aliphatic heterocycles. The molecule has 0 unspecified atom stereocenters. The van der Waals surface area contributed by atoms with Gasteiger partial charge in [0.05, 0.1) is 6.20 Å². The van der Waals surface area contributed by atoms with Gasteiger partial charge in [-0.15, -0.1) is 0 Å². The Morgan fingerprint density at radius 3 is 2.71 bits per heavy atom. The van der Waals surface area contributed by atoms with E-state index in [9.17, 15) is 9.18 Å². The molecular formula is C18H14FNO4. The van der Waals surface area contributed by atoms with Gasteiger partial charge in [0.2, 0.25) is 5.89 Å². The lowest BCUT2D eigenvalue weighted by molar-refractivity contribution is -0.139. The summed E-state index contributed by atoms with van der Waals surface area (Å²) in [5.41, 5.74) is 0.689. The van der Waals surface area contributed by atoms with E-state index in [-0.39, 0.29) is 18.3 Å². The van der Waals surface area contributed by atoms with E-state index in [4.69, 9.17) is 13.6 Å². The number of ether oxygens (including phenoxy) is 1. The van der Waals surface area contributed by atoms with Crippen LogP contribution in [0.4, 0.5) is 4.39 Å². The summed E-state index contributed by atoms with van der Waals surface area (Å²) in [6.07, 6.45) is 4.29. The maximum Gasteiger partial charge on any atom is 0.331 e. The Balaban J connectivity index is 1.56. The quantitative estimate of drug-likeness (QED) is 0.520. The zero-order valence-electron chi connectivity index (χ0n) is 12.9. The number of oxazole rings is 1. The van der Waals surface area contributed by atoms with Crippen LogP contribution >= 0.6 is 0 Å². The van der Waals surface area contributed by atoms with Gasteiger partial charge in [-0.05, 0) is 49.4 Å². The molecule has 0 N–H and O–H groups in total. The molecule has 122 valence electrons. The molecule has 3 rings (SSSR count). The summed E-state index contributed by atoms with van der Waals surface area (Å²) >= 11 is 0. The molecule has 24 heavy (non-hydrogen) atoms. The zero-order valence-corrected chi connectivity index (χ0v) is 12.9. The molecule has 6 heteroatoms. The van der Waals surface area contributed by atoms with Crippen LogP contribution in [0.25, 0.3) is 17.4 Å². The van der Waals surface area contributed by atoms with Gasteiger partial charge in [-0.25, -0.2) is 14.2 Å². The number of furan rings is 1. The largest absolute Gasteiger partial charge is 0.462 e. The number of hydrogen-bond donors (Lipinski definition) is 0. The highest BCUT2D eigenvalue weighted by Crippen LogP contribution is 2.20. The van der Waals surface area contributed by atoms with Crippen LogP contribution in [0.2, 0.25) is 0 Å². The molecule has 5 nitrogen and oxygen atoms in total. The van der Waals surface area contributed by atoms with Crippen LogP contribution in [0.1, 0.15) is 17.4 Å². The van der Waals surface area contributed by atoms with Crippen LogP contribution in [0.5, 0.6) is 0 Å². The number of nitrogens with zero attached hydrogens (tertiary/aromatic N) is 1. The Morgan fingerprint density at radius 1 is 1.21 bits per heavy atom. The summed E-state index contributed by atoms with van der Waals surface area (Å²) in [6, 6.07) is 9.38. The van der Waals surface area contributed by atoms with Gasteiger partial charge in [-0.1, -0.05) is 0 Å². The number of benzene rings is 1. The van der Waals surface area contributed by atoms with E-state index in [1.807, 2.05) is 6.92 Å². The molecule has 0 amide bonds. The second-order valence-corrected chi connectivity index (χ2v) is 5.01. The second kappa shape index (κ2) is 6.95. The van der Waals surface area contributed by atoms with Crippen LogP contribution in [-0.2, 0) is 16.1 Å². The monoisotopic (exact) mass is 327 g/mol. The lowest BCUT2D eigenvalue weighted by Crippen LogP contribution is -2.00. The van der Waals surface area contributed by atoms with Crippen molar-refractivity contribution in [3.63, 3.8) is 0 Å². The molecule has 0 bridgehead atoms. The lowest BCUT2D eigenvalue weighted by Gasteiger charge is -1.98. The fourth-order valence-corrected chi connectivity index (χ4v) is 2.00. The molecule has 0 aliphatic rings. The van der Waals surface area contributed by atoms with Crippen LogP contribution in [0.3, 0.4) is 0 Å². The van der Waals surface area contributed by atoms with Crippen molar-refractivity contribution in [3.8, 4) is 11.3 Å². The first kappa shape index (κ1) is 15.7. The normalized spacial score (nSPS) is 11.1. The summed E-state index contributed by atoms with van der Waals surface area (Å²) in [5, 5.41) is 0. The van der Waals surface area contributed by atoms with Crippen LogP contribution in [0, 0.1) is 12.7 Å². The fourth-order valence-electron chi connectivity index (χ4n) is 2.00. The van der Waals surface area contributed by atoms with Gasteiger partial charge in [-0.2, -0.15) is 0 Å². The van der Waals surface area contributed by atoms with Crippen molar-refractivity contribution in [3.05, 3.63) is 71.9 Å². The molecule has 0 saturated carbocycles. The second-order valence-electron chi connectivity index (χ2n) is 5.01.